The van der Waals surface area contributed by atoms with Crippen LogP contribution in [-0.4, -0.2) is 33.4 Å². The molecular weight excluding hydrogens is 444 g/mol. The molecule has 0 aliphatic rings. The number of anilines is 1. The lowest BCUT2D eigenvalue weighted by atomic mass is 10.2. The first-order chi connectivity index (χ1) is 15.7. The third-order valence-electron chi connectivity index (χ3n) is 4.77. The van der Waals surface area contributed by atoms with Gasteiger partial charge in [-0.2, -0.15) is 0 Å². The number of carbonyl (C=O) groups is 1. The average molecular weight is 465 g/mol. The van der Waals surface area contributed by atoms with Crippen molar-refractivity contribution in [1.29, 1.82) is 0 Å². The van der Waals surface area contributed by atoms with Crippen molar-refractivity contribution in [3.05, 3.63) is 95.3 Å². The van der Waals surface area contributed by atoms with Gasteiger partial charge < -0.3 is 10.1 Å². The molecule has 1 N–H and O–H groups in total. The number of ketones is 1. The number of methoxy groups -OCH3 is 1. The fourth-order valence-corrected chi connectivity index (χ4v) is 4.18. The summed E-state index contributed by atoms with van der Waals surface area (Å²) in [7, 11) is 1.63. The van der Waals surface area contributed by atoms with E-state index >= 15 is 0 Å². The van der Waals surface area contributed by atoms with E-state index in [1.807, 2.05) is 83.4 Å². The first-order valence-corrected chi connectivity index (χ1v) is 11.3. The molecule has 3 aromatic carbocycles. The van der Waals surface area contributed by atoms with Crippen molar-refractivity contribution >= 4 is 34.8 Å². The Morgan fingerprint density at radius 1 is 1.00 bits per heavy atom. The van der Waals surface area contributed by atoms with Crippen LogP contribution in [0.5, 0.6) is 5.75 Å². The average Bonchev–Trinajstić information content (AvgIpc) is 3.25. The van der Waals surface area contributed by atoms with Gasteiger partial charge >= 0.3 is 0 Å². The maximum atomic E-state index is 12.6. The Hall–Kier alpha value is -3.29. The maximum Gasteiger partial charge on any atom is 0.196 e. The molecule has 32 heavy (non-hydrogen) atoms. The molecular formula is C24H21ClN4O2S. The summed E-state index contributed by atoms with van der Waals surface area (Å²) in [5, 5.41) is 13.3. The molecule has 0 bridgehead atoms. The minimum absolute atomic E-state index is 0.0376. The van der Waals surface area contributed by atoms with E-state index in [-0.39, 0.29) is 11.5 Å². The first-order valence-electron chi connectivity index (χ1n) is 9.94. The van der Waals surface area contributed by atoms with Gasteiger partial charge in [-0.15, -0.1) is 10.2 Å². The molecule has 162 valence electrons. The highest BCUT2D eigenvalue weighted by atomic mass is 35.5. The number of nitrogens with one attached hydrogen (secondary N) is 1. The summed E-state index contributed by atoms with van der Waals surface area (Å²) in [6.07, 6.45) is 0. The van der Waals surface area contributed by atoms with E-state index < -0.39 is 0 Å². The number of hydrogen-bond donors (Lipinski definition) is 1. The summed E-state index contributed by atoms with van der Waals surface area (Å²) >= 11 is 7.62. The second-order valence-electron chi connectivity index (χ2n) is 6.84. The molecule has 4 rings (SSSR count). The Kier molecular flexibility index (Phi) is 7.09. The number of ether oxygens (including phenoxy) is 1. The van der Waals surface area contributed by atoms with Crippen LogP contribution >= 0.6 is 23.4 Å². The number of benzene rings is 3. The van der Waals surface area contributed by atoms with Crippen molar-refractivity contribution in [2.24, 2.45) is 0 Å². The van der Waals surface area contributed by atoms with Crippen molar-refractivity contribution < 1.29 is 9.53 Å². The summed E-state index contributed by atoms with van der Waals surface area (Å²) in [5.74, 6) is 1.75. The van der Waals surface area contributed by atoms with Crippen LogP contribution in [0.3, 0.4) is 0 Å². The molecule has 0 unspecified atom stereocenters. The van der Waals surface area contributed by atoms with Gasteiger partial charge in [0.05, 0.1) is 30.1 Å². The van der Waals surface area contributed by atoms with E-state index in [4.69, 9.17) is 16.3 Å². The largest absolute Gasteiger partial charge is 0.497 e. The van der Waals surface area contributed by atoms with Crippen molar-refractivity contribution in [3.8, 4) is 11.4 Å². The van der Waals surface area contributed by atoms with E-state index in [0.717, 1.165) is 17.1 Å². The second kappa shape index (κ2) is 10.3. The van der Waals surface area contributed by atoms with Gasteiger partial charge in [0.15, 0.2) is 16.8 Å². The van der Waals surface area contributed by atoms with Crippen molar-refractivity contribution in [1.82, 2.24) is 14.8 Å². The molecule has 8 heteroatoms. The summed E-state index contributed by atoms with van der Waals surface area (Å²) in [5.41, 5.74) is 2.37. The van der Waals surface area contributed by atoms with Crippen LogP contribution in [0, 0.1) is 0 Å². The molecule has 0 saturated carbocycles. The van der Waals surface area contributed by atoms with Gasteiger partial charge in [-0.25, -0.2) is 0 Å². The van der Waals surface area contributed by atoms with Crippen molar-refractivity contribution in [2.75, 3.05) is 18.2 Å². The molecule has 0 radical (unpaired) electrons. The van der Waals surface area contributed by atoms with Crippen molar-refractivity contribution in [2.45, 2.75) is 11.7 Å². The zero-order valence-corrected chi connectivity index (χ0v) is 18.9. The van der Waals surface area contributed by atoms with E-state index in [2.05, 4.69) is 15.5 Å². The van der Waals surface area contributed by atoms with Crippen LogP contribution in [0.15, 0.2) is 84.0 Å². The number of para-hydroxylation sites is 1. The molecule has 0 aliphatic heterocycles. The smallest absolute Gasteiger partial charge is 0.196 e. The van der Waals surface area contributed by atoms with Crippen LogP contribution in [0.1, 0.15) is 16.2 Å². The maximum absolute atomic E-state index is 12.6. The molecule has 0 amide bonds. The van der Waals surface area contributed by atoms with E-state index in [0.29, 0.717) is 28.1 Å². The minimum atomic E-state index is 0.0376. The highest BCUT2D eigenvalue weighted by Crippen LogP contribution is 2.26. The number of Topliss-reactive ketones (excluding diaryl/α,β-unsaturated/α-hetero) is 1. The lowest BCUT2D eigenvalue weighted by Crippen LogP contribution is -2.09. The molecule has 4 aromatic rings. The quantitative estimate of drug-likeness (QED) is 0.260. The third kappa shape index (κ3) is 5.12. The fourth-order valence-electron chi connectivity index (χ4n) is 3.12. The number of rotatable bonds is 9. The number of halogens is 1. The van der Waals surface area contributed by atoms with Gasteiger partial charge in [-0.1, -0.05) is 65.8 Å². The van der Waals surface area contributed by atoms with E-state index in [1.54, 1.807) is 7.11 Å². The molecule has 0 atom stereocenters. The number of hydrogen-bond acceptors (Lipinski definition) is 6. The first kappa shape index (κ1) is 21.9. The number of thioether (sulfide) groups is 1. The molecule has 0 spiro atoms. The Morgan fingerprint density at radius 2 is 1.72 bits per heavy atom. The van der Waals surface area contributed by atoms with Gasteiger partial charge in [0, 0.05) is 11.3 Å². The fraction of sp³-hybridized carbons (Fsp3) is 0.125. The third-order valence-corrected chi connectivity index (χ3v) is 6.03. The standard InChI is InChI=1S/C24H21ClN4O2S/c1-31-19-13-11-18(12-14-19)29-23(15-26-21-10-6-5-9-20(21)25)27-28-24(29)32-16-22(30)17-7-3-2-4-8-17/h2-14,26H,15-16H2,1H3. The van der Waals surface area contributed by atoms with E-state index in [9.17, 15) is 4.79 Å². The predicted molar refractivity (Wildman–Crippen MR) is 128 cm³/mol. The lowest BCUT2D eigenvalue weighted by molar-refractivity contribution is 0.102. The monoisotopic (exact) mass is 464 g/mol. The van der Waals surface area contributed by atoms with Gasteiger partial charge in [0.1, 0.15) is 5.75 Å². The Balaban J connectivity index is 1.59. The minimum Gasteiger partial charge on any atom is -0.497 e. The van der Waals surface area contributed by atoms with E-state index in [1.165, 1.54) is 11.8 Å². The van der Waals surface area contributed by atoms with Gasteiger partial charge in [-0.3, -0.25) is 9.36 Å². The van der Waals surface area contributed by atoms with Gasteiger partial charge in [0.2, 0.25) is 0 Å². The molecule has 1 aromatic heterocycles. The van der Waals surface area contributed by atoms with Gasteiger partial charge in [-0.05, 0) is 36.4 Å². The Bertz CT molecular complexity index is 1200. The van der Waals surface area contributed by atoms with Crippen LogP contribution in [0.25, 0.3) is 5.69 Å². The highest BCUT2D eigenvalue weighted by molar-refractivity contribution is 7.99. The summed E-state index contributed by atoms with van der Waals surface area (Å²) < 4.78 is 7.21. The van der Waals surface area contributed by atoms with Crippen LogP contribution in [0.2, 0.25) is 5.02 Å². The number of nitrogens with zero attached hydrogens (tertiary/aromatic N) is 3. The number of carbonyl (C=O) groups excluding carboxylic acids is 1. The normalized spacial score (nSPS) is 10.7. The second-order valence-corrected chi connectivity index (χ2v) is 8.19. The summed E-state index contributed by atoms with van der Waals surface area (Å²) in [4.78, 5) is 12.6. The zero-order valence-electron chi connectivity index (χ0n) is 17.4. The topological polar surface area (TPSA) is 69.0 Å². The molecule has 0 saturated heterocycles. The summed E-state index contributed by atoms with van der Waals surface area (Å²) in [6.45, 7) is 0.413. The summed E-state index contributed by atoms with van der Waals surface area (Å²) in [6, 6.07) is 24.4. The van der Waals surface area contributed by atoms with Crippen LogP contribution in [-0.2, 0) is 6.54 Å². The highest BCUT2D eigenvalue weighted by Gasteiger charge is 2.17. The van der Waals surface area contributed by atoms with Crippen molar-refractivity contribution in [3.63, 3.8) is 0 Å². The Labute approximate surface area is 195 Å². The molecule has 1 heterocycles. The van der Waals surface area contributed by atoms with Gasteiger partial charge in [0.25, 0.3) is 0 Å². The number of aromatic nitrogens is 3. The molecule has 0 fully saturated rings. The Morgan fingerprint density at radius 3 is 2.44 bits per heavy atom. The van der Waals surface area contributed by atoms with Crippen LogP contribution < -0.4 is 10.1 Å². The van der Waals surface area contributed by atoms with Crippen LogP contribution in [0.4, 0.5) is 5.69 Å². The SMILES string of the molecule is COc1ccc(-n2c(CNc3ccccc3Cl)nnc2SCC(=O)c2ccccc2)cc1. The zero-order chi connectivity index (χ0) is 22.3. The predicted octanol–water partition coefficient (Wildman–Crippen LogP) is 5.52. The molecule has 0 aliphatic carbocycles. The molecule has 6 nitrogen and oxygen atoms in total. The lowest BCUT2D eigenvalue weighted by Gasteiger charge is -2.12.